The van der Waals surface area contributed by atoms with E-state index in [0.29, 0.717) is 16.8 Å². The number of rotatable bonds is 6. The third kappa shape index (κ3) is 11.6. The summed E-state index contributed by atoms with van der Waals surface area (Å²) < 4.78 is 5.62. The topological polar surface area (TPSA) is 67.8 Å². The number of terminal acetylenes is 1. The van der Waals surface area contributed by atoms with E-state index >= 15 is 0 Å². The molecule has 0 radical (unpaired) electrons. The summed E-state index contributed by atoms with van der Waals surface area (Å²) in [7, 11) is 1.72. The van der Waals surface area contributed by atoms with Crippen LogP contribution in [-0.2, 0) is 4.74 Å². The highest BCUT2D eigenvalue weighted by molar-refractivity contribution is 6.30. The molecule has 4 nitrogen and oxygen atoms in total. The maximum Gasteiger partial charge on any atom is 0.125 e. The Bertz CT molecular complexity index is 806. The van der Waals surface area contributed by atoms with Gasteiger partial charge in [-0.3, -0.25) is 4.99 Å². The van der Waals surface area contributed by atoms with Crippen molar-refractivity contribution in [3.05, 3.63) is 58.1 Å². The van der Waals surface area contributed by atoms with Gasteiger partial charge in [-0.25, -0.2) is 0 Å². The number of allylic oxidation sites excluding steroid dienone is 2. The van der Waals surface area contributed by atoms with Crippen LogP contribution >= 0.6 is 11.6 Å². The summed E-state index contributed by atoms with van der Waals surface area (Å²) in [5.41, 5.74) is 9.10. The summed E-state index contributed by atoms with van der Waals surface area (Å²) in [6, 6.07) is 7.27. The molecule has 1 heterocycles. The van der Waals surface area contributed by atoms with Gasteiger partial charge in [0.2, 0.25) is 0 Å². The Morgan fingerprint density at radius 2 is 1.91 bits per heavy atom. The Kier molecular flexibility index (Phi) is 16.3. The van der Waals surface area contributed by atoms with Crippen molar-refractivity contribution in [2.24, 2.45) is 16.6 Å². The molecular weight excluding hydrogens is 432 g/mol. The van der Waals surface area contributed by atoms with Crippen molar-refractivity contribution in [3.8, 4) is 12.3 Å². The fourth-order valence-corrected chi connectivity index (χ4v) is 3.34. The fourth-order valence-electron chi connectivity index (χ4n) is 3.22. The number of hydrogen-bond acceptors (Lipinski definition) is 3. The molecule has 5 heteroatoms. The van der Waals surface area contributed by atoms with Crippen molar-refractivity contribution < 1.29 is 9.84 Å². The van der Waals surface area contributed by atoms with Crippen LogP contribution in [0.25, 0.3) is 0 Å². The first-order chi connectivity index (χ1) is 15.7. The van der Waals surface area contributed by atoms with Crippen LogP contribution in [0.5, 0.6) is 0 Å². The monoisotopic (exact) mass is 474 g/mol. The van der Waals surface area contributed by atoms with Crippen molar-refractivity contribution in [1.82, 2.24) is 0 Å². The minimum atomic E-state index is -0.535. The molecule has 0 amide bonds. The third-order valence-corrected chi connectivity index (χ3v) is 5.91. The average Bonchev–Trinajstić information content (AvgIpc) is 3.27. The number of aliphatic imine (C=N–C) groups is 1. The van der Waals surface area contributed by atoms with E-state index in [9.17, 15) is 5.11 Å². The summed E-state index contributed by atoms with van der Waals surface area (Å²) in [5.74, 6) is 3.61. The van der Waals surface area contributed by atoms with Gasteiger partial charge in [0.25, 0.3) is 0 Å². The SMILES string of the molecule is C#CCC.C/C=C\C(C(N)=NC)=C(\C)C(C)CC.CC1CCC(C(O)c2ccc(Cl)cc2)O1. The molecule has 0 saturated carbocycles. The van der Waals surface area contributed by atoms with Gasteiger partial charge in [-0.1, -0.05) is 62.2 Å². The first kappa shape index (κ1) is 30.9. The summed E-state index contributed by atoms with van der Waals surface area (Å²) in [6.45, 7) is 12.5. The molecule has 1 aliphatic rings. The smallest absolute Gasteiger partial charge is 0.125 e. The molecule has 0 aromatic heterocycles. The van der Waals surface area contributed by atoms with Gasteiger partial charge in [-0.2, -0.15) is 0 Å². The van der Waals surface area contributed by atoms with Gasteiger partial charge in [-0.15, -0.1) is 12.3 Å². The normalized spacial score (nSPS) is 20.5. The first-order valence-corrected chi connectivity index (χ1v) is 12.1. The molecule has 2 rings (SSSR count). The molecule has 1 aliphatic heterocycles. The van der Waals surface area contributed by atoms with Crippen LogP contribution in [0.1, 0.15) is 78.9 Å². The predicted molar refractivity (Wildman–Crippen MR) is 144 cm³/mol. The lowest BCUT2D eigenvalue weighted by atomic mass is 9.94. The quantitative estimate of drug-likeness (QED) is 0.204. The molecule has 3 N–H and O–H groups in total. The van der Waals surface area contributed by atoms with Crippen LogP contribution in [0.15, 0.2) is 52.6 Å². The van der Waals surface area contributed by atoms with E-state index in [4.69, 9.17) is 28.5 Å². The van der Waals surface area contributed by atoms with Crippen LogP contribution in [0.4, 0.5) is 0 Å². The first-order valence-electron chi connectivity index (χ1n) is 11.7. The Labute approximate surface area is 207 Å². The Morgan fingerprint density at radius 3 is 2.30 bits per heavy atom. The Morgan fingerprint density at radius 1 is 1.33 bits per heavy atom. The lowest BCUT2D eigenvalue weighted by Crippen LogP contribution is -2.18. The van der Waals surface area contributed by atoms with E-state index in [1.807, 2.05) is 45.1 Å². The summed E-state index contributed by atoms with van der Waals surface area (Å²) >= 11 is 5.79. The summed E-state index contributed by atoms with van der Waals surface area (Å²) in [5, 5.41) is 10.7. The Balaban J connectivity index is 0.000000536. The zero-order valence-electron chi connectivity index (χ0n) is 21.4. The van der Waals surface area contributed by atoms with Crippen LogP contribution in [0.2, 0.25) is 5.02 Å². The minimum Gasteiger partial charge on any atom is -0.386 e. The number of hydrogen-bond donors (Lipinski definition) is 2. The number of nitrogens with two attached hydrogens (primary N) is 1. The van der Waals surface area contributed by atoms with Crippen molar-refractivity contribution >= 4 is 17.4 Å². The van der Waals surface area contributed by atoms with Crippen molar-refractivity contribution in [1.29, 1.82) is 0 Å². The maximum absolute atomic E-state index is 10.1. The van der Waals surface area contributed by atoms with Crippen molar-refractivity contribution in [2.75, 3.05) is 7.05 Å². The Hall–Kier alpha value is -2.06. The molecule has 184 valence electrons. The van der Waals surface area contributed by atoms with E-state index < -0.39 is 6.10 Å². The van der Waals surface area contributed by atoms with E-state index in [0.717, 1.165) is 36.8 Å². The highest BCUT2D eigenvalue weighted by Gasteiger charge is 2.29. The second-order valence-electron chi connectivity index (χ2n) is 8.13. The van der Waals surface area contributed by atoms with E-state index in [-0.39, 0.29) is 12.2 Å². The van der Waals surface area contributed by atoms with Gasteiger partial charge >= 0.3 is 0 Å². The highest BCUT2D eigenvalue weighted by atomic mass is 35.5. The molecule has 33 heavy (non-hydrogen) atoms. The number of ether oxygens (including phenoxy) is 1. The molecule has 0 aliphatic carbocycles. The largest absolute Gasteiger partial charge is 0.386 e. The number of nitrogens with zero attached hydrogens (tertiary/aromatic N) is 1. The van der Waals surface area contributed by atoms with Gasteiger partial charge in [0.1, 0.15) is 11.9 Å². The van der Waals surface area contributed by atoms with Gasteiger partial charge in [0.05, 0.1) is 12.2 Å². The average molecular weight is 475 g/mol. The molecular formula is C28H43ClN2O2. The molecule has 4 atom stereocenters. The van der Waals surface area contributed by atoms with Crippen LogP contribution < -0.4 is 5.73 Å². The standard InChI is InChI=1S/C12H15ClO2.C12H22N2.C4H6/c1-8-2-7-11(15-8)12(14)9-3-5-10(13)6-4-9;1-6-8-11(12(13)14-5)10(4)9(3)7-2;1-3-4-2/h3-6,8,11-12,14H,2,7H2,1H3;6,8-9H,7H2,1-5H3,(H2,13,14);1H,4H2,2H3/b;8-6-,11-10+;. The number of halogens is 1. The van der Waals surface area contributed by atoms with Crippen LogP contribution in [0.3, 0.4) is 0 Å². The summed E-state index contributed by atoms with van der Waals surface area (Å²) in [6.07, 6.45) is 12.4. The lowest BCUT2D eigenvalue weighted by Gasteiger charge is -2.18. The molecule has 4 unspecified atom stereocenters. The zero-order chi connectivity index (χ0) is 25.4. The molecule has 1 fully saturated rings. The number of benzene rings is 1. The molecule has 0 bridgehead atoms. The van der Waals surface area contributed by atoms with Crippen LogP contribution in [0, 0.1) is 18.3 Å². The maximum atomic E-state index is 10.1. The molecule has 0 spiro atoms. The zero-order valence-corrected chi connectivity index (χ0v) is 22.2. The van der Waals surface area contributed by atoms with Crippen molar-refractivity contribution in [2.45, 2.75) is 85.5 Å². The molecule has 1 aromatic carbocycles. The highest BCUT2D eigenvalue weighted by Crippen LogP contribution is 2.30. The lowest BCUT2D eigenvalue weighted by molar-refractivity contribution is -0.0297. The summed E-state index contributed by atoms with van der Waals surface area (Å²) in [4.78, 5) is 4.03. The molecule has 1 aromatic rings. The number of aliphatic hydroxyl groups is 1. The van der Waals surface area contributed by atoms with E-state index in [1.165, 1.54) is 5.57 Å². The van der Waals surface area contributed by atoms with Gasteiger partial charge in [-0.05, 0) is 63.6 Å². The van der Waals surface area contributed by atoms with E-state index in [1.54, 1.807) is 19.2 Å². The second-order valence-corrected chi connectivity index (χ2v) is 8.57. The van der Waals surface area contributed by atoms with Gasteiger partial charge < -0.3 is 15.6 Å². The molecule has 1 saturated heterocycles. The van der Waals surface area contributed by atoms with Gasteiger partial charge in [0.15, 0.2) is 0 Å². The van der Waals surface area contributed by atoms with Gasteiger partial charge in [0, 0.05) is 24.1 Å². The van der Waals surface area contributed by atoms with E-state index in [2.05, 4.69) is 31.7 Å². The number of amidine groups is 1. The fraction of sp³-hybridized carbons (Fsp3) is 0.536. The minimum absolute atomic E-state index is 0.0684. The third-order valence-electron chi connectivity index (χ3n) is 5.66. The predicted octanol–water partition coefficient (Wildman–Crippen LogP) is 6.88. The van der Waals surface area contributed by atoms with Crippen LogP contribution in [-0.4, -0.2) is 30.2 Å². The second kappa shape index (κ2) is 17.4. The number of aliphatic hydroxyl groups excluding tert-OH is 1. The van der Waals surface area contributed by atoms with Crippen molar-refractivity contribution in [3.63, 3.8) is 0 Å².